The van der Waals surface area contributed by atoms with Gasteiger partial charge in [0, 0.05) is 0 Å². The summed E-state index contributed by atoms with van der Waals surface area (Å²) in [6.07, 6.45) is -1.34. The Labute approximate surface area is 143 Å². The molecule has 7 heteroatoms. The van der Waals surface area contributed by atoms with Gasteiger partial charge in [-0.15, -0.1) is 5.12 Å². The lowest BCUT2D eigenvalue weighted by Crippen LogP contribution is -2.54. The Balaban J connectivity index is 2.75. The van der Waals surface area contributed by atoms with E-state index in [1.54, 1.807) is 41.5 Å². The van der Waals surface area contributed by atoms with Gasteiger partial charge < -0.3 is 9.47 Å². The van der Waals surface area contributed by atoms with Crippen LogP contribution in [0, 0.1) is 0 Å². The van der Waals surface area contributed by atoms with Crippen molar-refractivity contribution in [1.82, 2.24) is 16.0 Å². The fraction of sp³-hybridized carbons (Fsp3) is 0.529. The highest BCUT2D eigenvalue weighted by atomic mass is 16.6. The average Bonchev–Trinajstić information content (AvgIpc) is 2.34. The van der Waals surface area contributed by atoms with Crippen LogP contribution in [0.1, 0.15) is 47.1 Å². The molecule has 7 nitrogen and oxygen atoms in total. The van der Waals surface area contributed by atoms with E-state index in [0.29, 0.717) is 0 Å². The van der Waals surface area contributed by atoms with Gasteiger partial charge in [-0.05, 0) is 47.1 Å². The third kappa shape index (κ3) is 8.99. The van der Waals surface area contributed by atoms with Crippen molar-refractivity contribution in [3.8, 4) is 0 Å². The number of carbonyl (C=O) groups is 2. The van der Waals surface area contributed by atoms with Crippen molar-refractivity contribution in [2.24, 2.45) is 0 Å². The van der Waals surface area contributed by atoms with Crippen LogP contribution >= 0.6 is 0 Å². The van der Waals surface area contributed by atoms with Crippen molar-refractivity contribution < 1.29 is 19.1 Å². The number of nitrogens with zero attached hydrogens (tertiary/aromatic N) is 1. The number of amides is 2. The van der Waals surface area contributed by atoms with Crippen LogP contribution in [-0.4, -0.2) is 28.5 Å². The summed E-state index contributed by atoms with van der Waals surface area (Å²) < 4.78 is 10.4. The molecule has 1 rings (SSSR count). The first-order valence-electron chi connectivity index (χ1n) is 7.75. The number of ether oxygens (including phenoxy) is 2. The highest BCUT2D eigenvalue weighted by Crippen LogP contribution is 2.09. The quantitative estimate of drug-likeness (QED) is 0.824. The largest absolute Gasteiger partial charge is 0.443 e. The zero-order chi connectivity index (χ0) is 18.4. The first-order valence-corrected chi connectivity index (χ1v) is 7.75. The lowest BCUT2D eigenvalue weighted by atomic mass is 10.2. The number of hydrogen-bond acceptors (Lipinski definition) is 5. The van der Waals surface area contributed by atoms with Crippen LogP contribution in [0.4, 0.5) is 9.59 Å². The molecule has 0 aromatic heterocycles. The molecule has 0 saturated carbocycles. The summed E-state index contributed by atoms with van der Waals surface area (Å²) in [6, 6.07) is 9.38. The average molecular weight is 337 g/mol. The van der Waals surface area contributed by atoms with Gasteiger partial charge in [-0.25, -0.2) is 20.4 Å². The second-order valence-corrected chi connectivity index (χ2v) is 7.30. The molecule has 2 N–H and O–H groups in total. The molecule has 0 unspecified atom stereocenters. The van der Waals surface area contributed by atoms with Crippen LogP contribution in [0.5, 0.6) is 0 Å². The van der Waals surface area contributed by atoms with Crippen molar-refractivity contribution in [1.29, 1.82) is 0 Å². The monoisotopic (exact) mass is 337 g/mol. The predicted octanol–water partition coefficient (Wildman–Crippen LogP) is 3.37. The highest BCUT2D eigenvalue weighted by molar-refractivity contribution is 5.69. The van der Waals surface area contributed by atoms with Crippen molar-refractivity contribution >= 4 is 12.2 Å². The second kappa shape index (κ2) is 8.01. The summed E-state index contributed by atoms with van der Waals surface area (Å²) in [5.41, 5.74) is 4.60. The predicted molar refractivity (Wildman–Crippen MR) is 90.7 cm³/mol. The second-order valence-electron chi connectivity index (χ2n) is 7.30. The van der Waals surface area contributed by atoms with Gasteiger partial charge in [-0.1, -0.05) is 30.3 Å². The minimum atomic E-state index is -0.672. The van der Waals surface area contributed by atoms with Crippen LogP contribution in [0.25, 0.3) is 0 Å². The molecule has 24 heavy (non-hydrogen) atoms. The number of nitrogens with one attached hydrogen (secondary N) is 2. The molecule has 0 fully saturated rings. The summed E-state index contributed by atoms with van der Waals surface area (Å²) in [7, 11) is 0. The Hall–Kier alpha value is -2.28. The molecule has 1 aromatic rings. The summed E-state index contributed by atoms with van der Waals surface area (Å²) in [6.45, 7) is 10.8. The first-order chi connectivity index (χ1) is 10.9. The van der Waals surface area contributed by atoms with E-state index in [2.05, 4.69) is 10.9 Å². The van der Waals surface area contributed by atoms with E-state index in [4.69, 9.17) is 9.47 Å². The normalized spacial score (nSPS) is 11.8. The van der Waals surface area contributed by atoms with E-state index in [0.717, 1.165) is 5.56 Å². The molecule has 0 aliphatic heterocycles. The zero-order valence-corrected chi connectivity index (χ0v) is 15.2. The van der Waals surface area contributed by atoms with E-state index in [1.807, 2.05) is 30.3 Å². The molecule has 0 aliphatic rings. The molecule has 0 radical (unpaired) electrons. The Morgan fingerprint density at radius 1 is 0.875 bits per heavy atom. The molecule has 0 bridgehead atoms. The van der Waals surface area contributed by atoms with Gasteiger partial charge in [0.2, 0.25) is 0 Å². The Bertz CT molecular complexity index is 517. The maximum absolute atomic E-state index is 12.0. The molecule has 0 atom stereocenters. The molecule has 134 valence electrons. The maximum atomic E-state index is 12.0. The molecule has 1 aromatic carbocycles. The Morgan fingerprint density at radius 3 is 1.67 bits per heavy atom. The third-order valence-electron chi connectivity index (χ3n) is 2.43. The number of rotatable bonds is 4. The minimum Gasteiger partial charge on any atom is -0.443 e. The summed E-state index contributed by atoms with van der Waals surface area (Å²) >= 11 is 0. The fourth-order valence-corrected chi connectivity index (χ4v) is 1.70. The van der Waals surface area contributed by atoms with E-state index < -0.39 is 23.4 Å². The molecule has 0 saturated heterocycles. The van der Waals surface area contributed by atoms with Crippen LogP contribution in [-0.2, 0) is 16.0 Å². The summed E-state index contributed by atoms with van der Waals surface area (Å²) in [5, 5.41) is 1.23. The number of hydrazine groups is 2. The number of benzene rings is 1. The lowest BCUT2D eigenvalue weighted by molar-refractivity contribution is 0.00399. The van der Waals surface area contributed by atoms with Gasteiger partial charge in [-0.3, -0.25) is 0 Å². The SMILES string of the molecule is CC(C)(C)OC(=O)NN(Cc1ccccc1)NC(=O)OC(C)(C)C. The van der Waals surface area contributed by atoms with Crippen molar-refractivity contribution in [2.45, 2.75) is 59.3 Å². The fourth-order valence-electron chi connectivity index (χ4n) is 1.70. The summed E-state index contributed by atoms with van der Waals surface area (Å²) in [4.78, 5) is 23.9. The van der Waals surface area contributed by atoms with Gasteiger partial charge in [0.1, 0.15) is 11.2 Å². The van der Waals surface area contributed by atoms with Crippen molar-refractivity contribution in [2.75, 3.05) is 0 Å². The van der Waals surface area contributed by atoms with Crippen LogP contribution in [0.2, 0.25) is 0 Å². The first kappa shape index (κ1) is 19.8. The molecule has 2 amide bonds. The molecule has 0 heterocycles. The lowest BCUT2D eigenvalue weighted by Gasteiger charge is -2.27. The van der Waals surface area contributed by atoms with E-state index in [-0.39, 0.29) is 6.54 Å². The van der Waals surface area contributed by atoms with E-state index in [9.17, 15) is 9.59 Å². The Kier molecular flexibility index (Phi) is 6.60. The smallest absolute Gasteiger partial charge is 0.423 e. The van der Waals surface area contributed by atoms with Crippen LogP contribution in [0.3, 0.4) is 0 Å². The molecular formula is C17H27N3O4. The van der Waals surface area contributed by atoms with Crippen molar-refractivity contribution in [3.05, 3.63) is 35.9 Å². The third-order valence-corrected chi connectivity index (χ3v) is 2.43. The summed E-state index contributed by atoms with van der Waals surface area (Å²) in [5.74, 6) is 0. The van der Waals surface area contributed by atoms with Gasteiger partial charge >= 0.3 is 12.2 Å². The highest BCUT2D eigenvalue weighted by Gasteiger charge is 2.22. The topological polar surface area (TPSA) is 79.9 Å². The molecular weight excluding hydrogens is 310 g/mol. The van der Waals surface area contributed by atoms with E-state index >= 15 is 0 Å². The zero-order valence-electron chi connectivity index (χ0n) is 15.2. The Morgan fingerprint density at radius 2 is 1.29 bits per heavy atom. The number of hydrogen-bond donors (Lipinski definition) is 2. The molecule has 0 spiro atoms. The van der Waals surface area contributed by atoms with Gasteiger partial charge in [0.15, 0.2) is 0 Å². The van der Waals surface area contributed by atoms with E-state index in [1.165, 1.54) is 5.12 Å². The van der Waals surface area contributed by atoms with Gasteiger partial charge in [-0.2, -0.15) is 0 Å². The van der Waals surface area contributed by atoms with Crippen molar-refractivity contribution in [3.63, 3.8) is 0 Å². The van der Waals surface area contributed by atoms with Gasteiger partial charge in [0.25, 0.3) is 0 Å². The minimum absolute atomic E-state index is 0.249. The number of carbonyl (C=O) groups excluding carboxylic acids is 2. The molecule has 0 aliphatic carbocycles. The maximum Gasteiger partial charge on any atom is 0.423 e. The standard InChI is InChI=1S/C17H27N3O4/c1-16(2,3)23-14(21)18-20(12-13-10-8-7-9-11-13)19-15(22)24-17(4,5)6/h7-11H,12H2,1-6H3,(H,18,21)(H,19,22). The van der Waals surface area contributed by atoms with Gasteiger partial charge in [0.05, 0.1) is 6.54 Å². The van der Waals surface area contributed by atoms with Crippen LogP contribution in [0.15, 0.2) is 30.3 Å². The van der Waals surface area contributed by atoms with Crippen LogP contribution < -0.4 is 10.9 Å².